The van der Waals surface area contributed by atoms with Gasteiger partial charge in [0.1, 0.15) is 5.52 Å². The number of aromatic nitrogens is 1. The van der Waals surface area contributed by atoms with Crippen molar-refractivity contribution in [3.8, 4) is 0 Å². The van der Waals surface area contributed by atoms with E-state index in [2.05, 4.69) is 31.5 Å². The fourth-order valence-electron chi connectivity index (χ4n) is 1.70. The second-order valence-electron chi connectivity index (χ2n) is 4.92. The van der Waals surface area contributed by atoms with Gasteiger partial charge in [-0.2, -0.15) is 0 Å². The van der Waals surface area contributed by atoms with Crippen LogP contribution in [0.2, 0.25) is 0 Å². The molecule has 1 atom stereocenters. The van der Waals surface area contributed by atoms with Crippen molar-refractivity contribution < 1.29 is 24.2 Å². The van der Waals surface area contributed by atoms with Crippen molar-refractivity contribution >= 4 is 44.7 Å². The lowest BCUT2D eigenvalue weighted by Crippen LogP contribution is -2.47. The molecule has 0 aliphatic carbocycles. The lowest BCUT2D eigenvalue weighted by atomic mass is 10.1. The minimum Gasteiger partial charge on any atom is -0.479 e. The van der Waals surface area contributed by atoms with Gasteiger partial charge in [-0.15, -0.1) is 0 Å². The van der Waals surface area contributed by atoms with Crippen LogP contribution in [-0.4, -0.2) is 39.3 Å². The van der Waals surface area contributed by atoms with E-state index >= 15 is 0 Å². The summed E-state index contributed by atoms with van der Waals surface area (Å²) in [6, 6.07) is 2.70. The van der Waals surface area contributed by atoms with Gasteiger partial charge in [-0.25, -0.2) is 14.6 Å². The van der Waals surface area contributed by atoms with Crippen molar-refractivity contribution in [2.75, 3.05) is 11.9 Å². The summed E-state index contributed by atoms with van der Waals surface area (Å²) in [4.78, 5) is 26.8. The summed E-state index contributed by atoms with van der Waals surface area (Å²) in [6.07, 6.45) is 0. The highest BCUT2D eigenvalue weighted by atomic mass is 79.9. The first kappa shape index (κ1) is 16.2. The van der Waals surface area contributed by atoms with Crippen molar-refractivity contribution in [1.29, 1.82) is 0 Å². The first-order valence-electron chi connectivity index (χ1n) is 6.26. The van der Waals surface area contributed by atoms with Crippen molar-refractivity contribution in [3.63, 3.8) is 0 Å². The van der Waals surface area contributed by atoms with Crippen molar-refractivity contribution in [3.05, 3.63) is 22.5 Å². The summed E-state index contributed by atoms with van der Waals surface area (Å²) in [5.74, 6) is -0.978. The van der Waals surface area contributed by atoms with Crippen molar-refractivity contribution in [1.82, 2.24) is 10.3 Å². The molecule has 0 radical (unpaired) electrons. The number of aryl methyl sites for hydroxylation is 1. The van der Waals surface area contributed by atoms with E-state index in [0.717, 1.165) is 6.92 Å². The quantitative estimate of drug-likeness (QED) is 0.649. The van der Waals surface area contributed by atoms with Crippen LogP contribution < -0.4 is 10.6 Å². The maximum Gasteiger partial charge on any atom is 0.337 e. The molecule has 4 N–H and O–H groups in total. The lowest BCUT2D eigenvalue weighted by Gasteiger charge is -2.18. The molecule has 1 unspecified atom stereocenters. The lowest BCUT2D eigenvalue weighted by molar-refractivity contribution is -0.155. The summed E-state index contributed by atoms with van der Waals surface area (Å²) >= 11 is 3.30. The average Bonchev–Trinajstić information content (AvgIpc) is 2.76. The fourth-order valence-corrected chi connectivity index (χ4v) is 2.14. The number of carboxylic acid groups (broad SMARTS) is 1. The number of rotatable bonds is 4. The molecule has 8 nitrogen and oxygen atoms in total. The number of halogens is 1. The molecule has 22 heavy (non-hydrogen) atoms. The Bertz CT molecular complexity index is 741. The van der Waals surface area contributed by atoms with Crippen molar-refractivity contribution in [2.24, 2.45) is 0 Å². The first-order valence-corrected chi connectivity index (χ1v) is 7.05. The number of anilines is 1. The number of carbonyl (C=O) groups is 2. The number of benzene rings is 1. The smallest absolute Gasteiger partial charge is 0.337 e. The third-order valence-electron chi connectivity index (χ3n) is 2.86. The molecule has 2 amide bonds. The zero-order valence-electron chi connectivity index (χ0n) is 11.8. The summed E-state index contributed by atoms with van der Waals surface area (Å²) in [5, 5.41) is 23.1. The van der Waals surface area contributed by atoms with Gasteiger partial charge in [0.25, 0.3) is 0 Å². The molecule has 1 heterocycles. The molecule has 0 bridgehead atoms. The van der Waals surface area contributed by atoms with E-state index in [0.29, 0.717) is 27.2 Å². The van der Waals surface area contributed by atoms with Gasteiger partial charge in [0.2, 0.25) is 0 Å². The minimum atomic E-state index is -2.05. The third kappa shape index (κ3) is 3.55. The number of fused-ring (bicyclic) bond motifs is 1. The molecular weight excluding hydrogens is 358 g/mol. The number of carboxylic acids is 1. The number of carbonyl (C=O) groups excluding carboxylic acids is 1. The molecule has 0 saturated carbocycles. The normalized spacial score (nSPS) is 13.6. The molecular formula is C13H14BrN3O5. The van der Waals surface area contributed by atoms with Gasteiger partial charge in [0.15, 0.2) is 17.1 Å². The molecule has 0 aliphatic heterocycles. The van der Waals surface area contributed by atoms with Crippen LogP contribution in [0.5, 0.6) is 0 Å². The fraction of sp³-hybridized carbons (Fsp3) is 0.308. The Kier molecular flexibility index (Phi) is 4.38. The van der Waals surface area contributed by atoms with Crippen LogP contribution in [0.15, 0.2) is 21.0 Å². The van der Waals surface area contributed by atoms with Gasteiger partial charge in [-0.3, -0.25) is 0 Å². The van der Waals surface area contributed by atoms with E-state index in [4.69, 9.17) is 9.52 Å². The summed E-state index contributed by atoms with van der Waals surface area (Å²) in [7, 11) is 0. The molecule has 9 heteroatoms. The summed E-state index contributed by atoms with van der Waals surface area (Å²) in [6.45, 7) is 2.33. The number of amides is 2. The molecule has 0 aliphatic rings. The van der Waals surface area contributed by atoms with E-state index in [1.807, 2.05) is 0 Å². The van der Waals surface area contributed by atoms with E-state index in [1.165, 1.54) is 0 Å². The van der Waals surface area contributed by atoms with Gasteiger partial charge in [-0.05, 0) is 19.1 Å². The minimum absolute atomic E-state index is 0.373. The van der Waals surface area contributed by atoms with Crippen LogP contribution in [0.3, 0.4) is 0 Å². The zero-order valence-corrected chi connectivity index (χ0v) is 13.4. The van der Waals surface area contributed by atoms with E-state index in [1.54, 1.807) is 19.1 Å². The third-order valence-corrected chi connectivity index (χ3v) is 3.32. The first-order chi connectivity index (χ1) is 10.2. The Labute approximate surface area is 133 Å². The maximum absolute atomic E-state index is 11.8. The molecule has 0 fully saturated rings. The highest BCUT2D eigenvalue weighted by Gasteiger charge is 2.30. The van der Waals surface area contributed by atoms with Crippen LogP contribution in [0.4, 0.5) is 10.5 Å². The standard InChI is InChI=1S/C13H14BrN3O5/c1-6-16-8-3-7(14)4-9(10(8)22-6)17-12(20)15-5-13(2,21)11(18)19/h3-4,21H,5H2,1-2H3,(H,18,19)(H2,15,17,20). The van der Waals surface area contributed by atoms with E-state index in [9.17, 15) is 14.7 Å². The van der Waals surface area contributed by atoms with Crippen LogP contribution in [0.1, 0.15) is 12.8 Å². The number of hydrogen-bond donors (Lipinski definition) is 4. The van der Waals surface area contributed by atoms with Crippen LogP contribution in [0, 0.1) is 6.92 Å². The Morgan fingerprint density at radius 1 is 1.45 bits per heavy atom. The number of nitrogens with one attached hydrogen (secondary N) is 2. The largest absolute Gasteiger partial charge is 0.479 e. The van der Waals surface area contributed by atoms with Crippen LogP contribution in [-0.2, 0) is 4.79 Å². The second kappa shape index (κ2) is 5.93. The second-order valence-corrected chi connectivity index (χ2v) is 5.84. The molecule has 0 saturated heterocycles. The number of nitrogens with zero attached hydrogens (tertiary/aromatic N) is 1. The van der Waals surface area contributed by atoms with Gasteiger partial charge >= 0.3 is 12.0 Å². The predicted molar refractivity (Wildman–Crippen MR) is 81.7 cm³/mol. The molecule has 118 valence electrons. The van der Waals surface area contributed by atoms with Gasteiger partial charge in [0, 0.05) is 11.4 Å². The number of oxazole rings is 1. The molecule has 2 aromatic rings. The Balaban J connectivity index is 2.14. The van der Waals surface area contributed by atoms with Gasteiger partial charge in [0.05, 0.1) is 12.2 Å². The summed E-state index contributed by atoms with van der Waals surface area (Å²) in [5.41, 5.74) is -0.703. The highest BCUT2D eigenvalue weighted by molar-refractivity contribution is 9.10. The molecule has 1 aromatic heterocycles. The monoisotopic (exact) mass is 371 g/mol. The molecule has 0 spiro atoms. The number of aliphatic hydroxyl groups is 1. The number of hydrogen-bond acceptors (Lipinski definition) is 5. The average molecular weight is 372 g/mol. The number of aliphatic carboxylic acids is 1. The Hall–Kier alpha value is -2.13. The number of urea groups is 1. The SMILES string of the molecule is Cc1nc2cc(Br)cc(NC(=O)NCC(C)(O)C(=O)O)c2o1. The Morgan fingerprint density at radius 2 is 2.14 bits per heavy atom. The van der Waals surface area contributed by atoms with Gasteiger partial charge in [-0.1, -0.05) is 15.9 Å². The predicted octanol–water partition coefficient (Wildman–Crippen LogP) is 1.86. The summed E-state index contributed by atoms with van der Waals surface area (Å²) < 4.78 is 6.12. The maximum atomic E-state index is 11.8. The molecule has 1 aromatic carbocycles. The van der Waals surface area contributed by atoms with E-state index in [-0.39, 0.29) is 0 Å². The van der Waals surface area contributed by atoms with Crippen molar-refractivity contribution in [2.45, 2.75) is 19.4 Å². The Morgan fingerprint density at radius 3 is 2.77 bits per heavy atom. The highest BCUT2D eigenvalue weighted by Crippen LogP contribution is 2.28. The van der Waals surface area contributed by atoms with Crippen LogP contribution >= 0.6 is 15.9 Å². The molecule has 2 rings (SSSR count). The topological polar surface area (TPSA) is 125 Å². The van der Waals surface area contributed by atoms with Gasteiger partial charge < -0.3 is 25.3 Å². The van der Waals surface area contributed by atoms with E-state index < -0.39 is 24.1 Å². The zero-order chi connectivity index (χ0) is 16.5. The van der Waals surface area contributed by atoms with Crippen LogP contribution in [0.25, 0.3) is 11.1 Å².